The summed E-state index contributed by atoms with van der Waals surface area (Å²) in [5.74, 6) is 0.0983. The zero-order valence-corrected chi connectivity index (χ0v) is 11.3. The van der Waals surface area contributed by atoms with Crippen LogP contribution in [0, 0.1) is 6.92 Å². The van der Waals surface area contributed by atoms with Crippen LogP contribution >= 0.6 is 11.8 Å². The summed E-state index contributed by atoms with van der Waals surface area (Å²) in [4.78, 5) is 10.8. The van der Waals surface area contributed by atoms with Crippen molar-refractivity contribution in [2.24, 2.45) is 0 Å². The predicted octanol–water partition coefficient (Wildman–Crippen LogP) is 0.154. The molecule has 0 aromatic carbocycles. The molecule has 1 aliphatic rings. The highest BCUT2D eigenvalue weighted by Crippen LogP contribution is 2.24. The number of aromatic nitrogens is 2. The van der Waals surface area contributed by atoms with Gasteiger partial charge in [0.05, 0.1) is 5.69 Å². The van der Waals surface area contributed by atoms with Crippen molar-refractivity contribution in [3.8, 4) is 0 Å². The lowest BCUT2D eigenvalue weighted by atomic mass is 10.4. The fraction of sp³-hybridized carbons (Fsp3) is 0.556. The van der Waals surface area contributed by atoms with E-state index in [9.17, 15) is 13.2 Å². The summed E-state index contributed by atoms with van der Waals surface area (Å²) in [6, 6.07) is 0. The summed E-state index contributed by atoms with van der Waals surface area (Å²) < 4.78 is 26.1. The van der Waals surface area contributed by atoms with Crippen molar-refractivity contribution in [3.63, 3.8) is 0 Å². The van der Waals surface area contributed by atoms with Gasteiger partial charge in [-0.05, 0) is 6.92 Å². The normalized spacial score (nSPS) is 17.8. The topological polar surface area (TPSA) is 103 Å². The highest BCUT2D eigenvalue weighted by atomic mass is 32.2. The van der Waals surface area contributed by atoms with Crippen molar-refractivity contribution in [1.29, 1.82) is 0 Å². The van der Waals surface area contributed by atoms with Gasteiger partial charge in [0, 0.05) is 24.6 Å². The quantitative estimate of drug-likeness (QED) is 0.822. The minimum absolute atomic E-state index is 0.220. The molecular formula is C9H13N3O4S2. The Morgan fingerprint density at radius 3 is 2.61 bits per heavy atom. The highest BCUT2D eigenvalue weighted by molar-refractivity contribution is 7.99. The third-order valence-corrected chi connectivity index (χ3v) is 5.66. The smallest absolute Gasteiger partial charge is 0.357 e. The summed E-state index contributed by atoms with van der Waals surface area (Å²) in [6.07, 6.45) is 0. The molecule has 2 N–H and O–H groups in total. The number of nitrogens with zero attached hydrogens (tertiary/aromatic N) is 2. The number of rotatable bonds is 3. The summed E-state index contributed by atoms with van der Waals surface area (Å²) in [6.45, 7) is 2.30. The van der Waals surface area contributed by atoms with E-state index in [1.807, 2.05) is 0 Å². The van der Waals surface area contributed by atoms with E-state index in [-0.39, 0.29) is 10.6 Å². The van der Waals surface area contributed by atoms with Crippen molar-refractivity contribution in [2.45, 2.75) is 11.8 Å². The SMILES string of the molecule is Cc1[nH]nc(C(=O)O)c1S(=O)(=O)N1CCSCC1. The Morgan fingerprint density at radius 1 is 1.44 bits per heavy atom. The lowest BCUT2D eigenvalue weighted by Crippen LogP contribution is -2.38. The Morgan fingerprint density at radius 2 is 2.06 bits per heavy atom. The van der Waals surface area contributed by atoms with E-state index in [1.165, 1.54) is 11.2 Å². The molecule has 2 heterocycles. The van der Waals surface area contributed by atoms with Crippen LogP contribution < -0.4 is 0 Å². The van der Waals surface area contributed by atoms with Crippen LogP contribution in [0.15, 0.2) is 4.90 Å². The van der Waals surface area contributed by atoms with Gasteiger partial charge in [-0.1, -0.05) is 0 Å². The molecule has 0 saturated carbocycles. The van der Waals surface area contributed by atoms with Crippen molar-refractivity contribution in [2.75, 3.05) is 24.6 Å². The molecule has 0 amide bonds. The molecule has 0 bridgehead atoms. The fourth-order valence-corrected chi connectivity index (χ4v) is 4.66. The van der Waals surface area contributed by atoms with Gasteiger partial charge in [0.2, 0.25) is 10.0 Å². The second-order valence-electron chi connectivity index (χ2n) is 3.85. The van der Waals surface area contributed by atoms with Crippen LogP contribution in [-0.2, 0) is 10.0 Å². The molecule has 1 aromatic heterocycles. The van der Waals surface area contributed by atoms with Gasteiger partial charge >= 0.3 is 5.97 Å². The molecule has 0 unspecified atom stereocenters. The third-order valence-electron chi connectivity index (χ3n) is 2.66. The number of carboxylic acid groups (broad SMARTS) is 1. The molecule has 0 aliphatic carbocycles. The number of aromatic amines is 1. The lowest BCUT2D eigenvalue weighted by Gasteiger charge is -2.25. The van der Waals surface area contributed by atoms with Gasteiger partial charge in [-0.25, -0.2) is 13.2 Å². The van der Waals surface area contributed by atoms with Gasteiger partial charge in [-0.15, -0.1) is 0 Å². The molecule has 1 aliphatic heterocycles. The first kappa shape index (κ1) is 13.4. The monoisotopic (exact) mass is 291 g/mol. The lowest BCUT2D eigenvalue weighted by molar-refractivity contribution is 0.0686. The van der Waals surface area contributed by atoms with Crippen LogP contribution in [0.25, 0.3) is 0 Å². The van der Waals surface area contributed by atoms with Crippen LogP contribution in [0.2, 0.25) is 0 Å². The van der Waals surface area contributed by atoms with Crippen LogP contribution in [-0.4, -0.2) is 58.6 Å². The molecule has 1 saturated heterocycles. The standard InChI is InChI=1S/C9H13N3O4S2/c1-6-8(7(9(13)14)11-10-6)18(15,16)12-2-4-17-5-3-12/h2-5H2,1H3,(H,10,11)(H,13,14). The Kier molecular flexibility index (Phi) is 3.64. The number of thioether (sulfide) groups is 1. The van der Waals surface area contributed by atoms with Crippen LogP contribution in [0.5, 0.6) is 0 Å². The predicted molar refractivity (Wildman–Crippen MR) is 66.4 cm³/mol. The van der Waals surface area contributed by atoms with E-state index in [0.29, 0.717) is 13.1 Å². The molecule has 18 heavy (non-hydrogen) atoms. The first-order valence-electron chi connectivity index (χ1n) is 5.30. The van der Waals surface area contributed by atoms with Crippen LogP contribution in [0.4, 0.5) is 0 Å². The maximum Gasteiger partial charge on any atom is 0.357 e. The average Bonchev–Trinajstić information content (AvgIpc) is 2.73. The molecular weight excluding hydrogens is 278 g/mol. The van der Waals surface area contributed by atoms with Gasteiger partial charge in [-0.3, -0.25) is 5.10 Å². The molecule has 1 aromatic rings. The summed E-state index contributed by atoms with van der Waals surface area (Å²) in [5, 5.41) is 14.9. The number of H-pyrrole nitrogens is 1. The zero-order chi connectivity index (χ0) is 13.3. The Bertz CT molecular complexity index is 560. The molecule has 2 rings (SSSR count). The number of aryl methyl sites for hydroxylation is 1. The average molecular weight is 291 g/mol. The molecule has 100 valence electrons. The Balaban J connectivity index is 2.46. The van der Waals surface area contributed by atoms with Crippen molar-refractivity contribution < 1.29 is 18.3 Å². The molecule has 0 spiro atoms. The van der Waals surface area contributed by atoms with Gasteiger partial charge in [0.25, 0.3) is 0 Å². The highest BCUT2D eigenvalue weighted by Gasteiger charge is 2.33. The van der Waals surface area contributed by atoms with Gasteiger partial charge < -0.3 is 5.11 Å². The molecule has 7 nitrogen and oxygen atoms in total. The summed E-state index contributed by atoms with van der Waals surface area (Å²) >= 11 is 1.68. The van der Waals surface area contributed by atoms with Crippen molar-refractivity contribution in [1.82, 2.24) is 14.5 Å². The van der Waals surface area contributed by atoms with Crippen molar-refractivity contribution >= 4 is 27.8 Å². The molecule has 0 radical (unpaired) electrons. The number of hydrogen-bond acceptors (Lipinski definition) is 5. The number of hydrogen-bond donors (Lipinski definition) is 2. The zero-order valence-electron chi connectivity index (χ0n) is 9.71. The Hall–Kier alpha value is -1.06. The van der Waals surface area contributed by atoms with E-state index in [2.05, 4.69) is 10.2 Å². The second-order valence-corrected chi connectivity index (χ2v) is 6.95. The number of carboxylic acids is 1. The van der Waals surface area contributed by atoms with E-state index in [4.69, 9.17) is 5.11 Å². The maximum absolute atomic E-state index is 12.4. The van der Waals surface area contributed by atoms with Crippen LogP contribution in [0.3, 0.4) is 0 Å². The number of sulfonamides is 1. The minimum atomic E-state index is -3.78. The maximum atomic E-state index is 12.4. The second kappa shape index (κ2) is 4.90. The third kappa shape index (κ3) is 2.25. The van der Waals surface area contributed by atoms with Crippen molar-refractivity contribution in [3.05, 3.63) is 11.4 Å². The molecule has 1 fully saturated rings. The van der Waals surface area contributed by atoms with Gasteiger partial charge in [0.1, 0.15) is 4.90 Å². The van der Waals surface area contributed by atoms with E-state index in [0.717, 1.165) is 11.5 Å². The Labute approximate surface area is 109 Å². The fourth-order valence-electron chi connectivity index (χ4n) is 1.80. The molecule has 9 heteroatoms. The van der Waals surface area contributed by atoms with Gasteiger partial charge in [-0.2, -0.15) is 21.2 Å². The largest absolute Gasteiger partial charge is 0.476 e. The van der Waals surface area contributed by atoms with E-state index >= 15 is 0 Å². The van der Waals surface area contributed by atoms with E-state index < -0.39 is 21.7 Å². The van der Waals surface area contributed by atoms with E-state index in [1.54, 1.807) is 11.8 Å². The van der Waals surface area contributed by atoms with Gasteiger partial charge in [0.15, 0.2) is 5.69 Å². The summed E-state index contributed by atoms with van der Waals surface area (Å²) in [7, 11) is -3.78. The number of nitrogens with one attached hydrogen (secondary N) is 1. The number of aromatic carboxylic acids is 1. The molecule has 0 atom stereocenters. The first-order valence-corrected chi connectivity index (χ1v) is 7.90. The summed E-state index contributed by atoms with van der Waals surface area (Å²) in [5.41, 5.74) is -0.184. The minimum Gasteiger partial charge on any atom is -0.476 e. The number of carbonyl (C=O) groups is 1. The van der Waals surface area contributed by atoms with Crippen LogP contribution in [0.1, 0.15) is 16.2 Å². The first-order chi connectivity index (χ1) is 8.44.